The lowest BCUT2D eigenvalue weighted by molar-refractivity contribution is -0.122. The fourth-order valence-electron chi connectivity index (χ4n) is 2.45. The van der Waals surface area contributed by atoms with Crippen LogP contribution in [0, 0.1) is 0 Å². The molecule has 0 saturated heterocycles. The Kier molecular flexibility index (Phi) is 5.12. The number of anilines is 1. The number of nitrogens with one attached hydrogen (secondary N) is 1. The van der Waals surface area contributed by atoms with Gasteiger partial charge in [0.05, 0.1) is 11.4 Å². The lowest BCUT2D eigenvalue weighted by Gasteiger charge is -2.16. The van der Waals surface area contributed by atoms with Gasteiger partial charge in [0, 0.05) is 18.7 Å². The van der Waals surface area contributed by atoms with Gasteiger partial charge in [0.2, 0.25) is 0 Å². The summed E-state index contributed by atoms with van der Waals surface area (Å²) in [5.74, 6) is 0.356. The van der Waals surface area contributed by atoms with Crippen molar-refractivity contribution in [2.24, 2.45) is 7.05 Å². The van der Waals surface area contributed by atoms with Crippen molar-refractivity contribution in [2.45, 2.75) is 13.0 Å². The molecule has 0 aliphatic rings. The number of hydrogen-bond acceptors (Lipinski definition) is 4. The topological polar surface area (TPSA) is 73.2 Å². The molecule has 1 amide bonds. The van der Waals surface area contributed by atoms with E-state index in [9.17, 15) is 9.59 Å². The second-order valence-electron chi connectivity index (χ2n) is 5.79. The Morgan fingerprint density at radius 3 is 2.46 bits per heavy atom. The van der Waals surface area contributed by atoms with Gasteiger partial charge in [0.15, 0.2) is 6.10 Å². The summed E-state index contributed by atoms with van der Waals surface area (Å²) < 4.78 is 6.91. The second kappa shape index (κ2) is 7.65. The quantitative estimate of drug-likeness (QED) is 0.769. The molecule has 3 aromatic rings. The Bertz CT molecular complexity index is 967. The van der Waals surface area contributed by atoms with Gasteiger partial charge in [0.1, 0.15) is 5.75 Å². The molecule has 1 unspecified atom stereocenters. The fourth-order valence-corrected chi connectivity index (χ4v) is 2.45. The Labute approximate surface area is 151 Å². The Morgan fingerprint density at radius 2 is 1.73 bits per heavy atom. The molecule has 0 radical (unpaired) electrons. The molecule has 3 rings (SSSR count). The van der Waals surface area contributed by atoms with E-state index < -0.39 is 6.10 Å². The molecule has 1 aromatic heterocycles. The predicted molar refractivity (Wildman–Crippen MR) is 100 cm³/mol. The number of para-hydroxylation sites is 2. The summed E-state index contributed by atoms with van der Waals surface area (Å²) in [6.45, 7) is 1.69. The average Bonchev–Trinajstić information content (AvgIpc) is 2.65. The van der Waals surface area contributed by atoms with Crippen LogP contribution in [0.1, 0.15) is 6.92 Å². The van der Waals surface area contributed by atoms with Gasteiger partial charge in [0.25, 0.3) is 11.5 Å². The Hall–Kier alpha value is -3.41. The molecule has 0 spiro atoms. The van der Waals surface area contributed by atoms with Crippen LogP contribution in [0.5, 0.6) is 5.75 Å². The van der Waals surface area contributed by atoms with Crippen molar-refractivity contribution < 1.29 is 9.53 Å². The highest BCUT2D eigenvalue weighted by Crippen LogP contribution is 2.25. The summed E-state index contributed by atoms with van der Waals surface area (Å²) in [6.07, 6.45) is -0.668. The molecule has 0 aliphatic heterocycles. The van der Waals surface area contributed by atoms with Crippen molar-refractivity contribution in [3.05, 3.63) is 77.1 Å². The van der Waals surface area contributed by atoms with Gasteiger partial charge in [-0.2, -0.15) is 5.10 Å². The van der Waals surface area contributed by atoms with E-state index >= 15 is 0 Å². The van der Waals surface area contributed by atoms with E-state index in [2.05, 4.69) is 10.4 Å². The number of aryl methyl sites for hydroxylation is 1. The number of amides is 1. The van der Waals surface area contributed by atoms with E-state index in [1.807, 2.05) is 36.4 Å². The summed E-state index contributed by atoms with van der Waals surface area (Å²) in [5, 5.41) is 7.12. The van der Waals surface area contributed by atoms with Crippen LogP contribution in [0.25, 0.3) is 11.3 Å². The summed E-state index contributed by atoms with van der Waals surface area (Å²) in [6, 6.07) is 19.6. The molecule has 6 heteroatoms. The van der Waals surface area contributed by atoms with Crippen LogP contribution in [0.2, 0.25) is 0 Å². The minimum atomic E-state index is -0.668. The van der Waals surface area contributed by atoms with Crippen molar-refractivity contribution in [1.29, 1.82) is 0 Å². The van der Waals surface area contributed by atoms with Crippen molar-refractivity contribution in [3.8, 4) is 17.0 Å². The molecule has 132 valence electrons. The van der Waals surface area contributed by atoms with Crippen LogP contribution >= 0.6 is 0 Å². The first-order valence-electron chi connectivity index (χ1n) is 8.21. The number of carbonyl (C=O) groups excluding carboxylic acids is 1. The lowest BCUT2D eigenvalue weighted by atomic mass is 10.1. The van der Waals surface area contributed by atoms with Gasteiger partial charge in [-0.05, 0) is 31.2 Å². The first kappa shape index (κ1) is 17.4. The van der Waals surface area contributed by atoms with E-state index in [1.54, 1.807) is 38.2 Å². The van der Waals surface area contributed by atoms with E-state index in [-0.39, 0.29) is 11.5 Å². The molecule has 1 N–H and O–H groups in total. The monoisotopic (exact) mass is 349 g/mol. The minimum Gasteiger partial charge on any atom is -0.481 e. The molecular formula is C20H19N3O3. The van der Waals surface area contributed by atoms with Gasteiger partial charge >= 0.3 is 0 Å². The smallest absolute Gasteiger partial charge is 0.266 e. The number of benzene rings is 2. The van der Waals surface area contributed by atoms with E-state index in [0.29, 0.717) is 17.1 Å². The average molecular weight is 349 g/mol. The standard InChI is InChI=1S/C20H19N3O3/c1-14(26-15-8-4-3-5-9-15)20(25)21-17-11-7-6-10-16(17)18-12-13-19(24)23(2)22-18/h3-14H,1-2H3,(H,21,25). The van der Waals surface area contributed by atoms with Crippen LogP contribution in [0.3, 0.4) is 0 Å². The van der Waals surface area contributed by atoms with E-state index in [1.165, 1.54) is 10.7 Å². The van der Waals surface area contributed by atoms with Gasteiger partial charge in [-0.15, -0.1) is 0 Å². The van der Waals surface area contributed by atoms with Crippen LogP contribution in [-0.4, -0.2) is 21.8 Å². The predicted octanol–water partition coefficient (Wildman–Crippen LogP) is 2.85. The summed E-state index contributed by atoms with van der Waals surface area (Å²) in [5.41, 5.74) is 1.73. The van der Waals surface area contributed by atoms with Gasteiger partial charge in [-0.1, -0.05) is 36.4 Å². The normalized spacial score (nSPS) is 11.6. The zero-order valence-corrected chi connectivity index (χ0v) is 14.5. The molecule has 1 heterocycles. The van der Waals surface area contributed by atoms with Crippen molar-refractivity contribution in [3.63, 3.8) is 0 Å². The molecule has 0 aliphatic carbocycles. The Balaban J connectivity index is 1.80. The van der Waals surface area contributed by atoms with Gasteiger partial charge < -0.3 is 10.1 Å². The number of nitrogens with zero attached hydrogens (tertiary/aromatic N) is 2. The maximum absolute atomic E-state index is 12.5. The zero-order valence-electron chi connectivity index (χ0n) is 14.5. The van der Waals surface area contributed by atoms with Crippen LogP contribution in [0.15, 0.2) is 71.5 Å². The van der Waals surface area contributed by atoms with E-state index in [4.69, 9.17) is 4.74 Å². The second-order valence-corrected chi connectivity index (χ2v) is 5.79. The van der Waals surface area contributed by atoms with Crippen LogP contribution < -0.4 is 15.6 Å². The number of aromatic nitrogens is 2. The third-order valence-corrected chi connectivity index (χ3v) is 3.85. The van der Waals surface area contributed by atoms with Crippen molar-refractivity contribution >= 4 is 11.6 Å². The first-order valence-corrected chi connectivity index (χ1v) is 8.21. The third kappa shape index (κ3) is 3.97. The molecule has 26 heavy (non-hydrogen) atoms. The number of ether oxygens (including phenoxy) is 1. The molecule has 6 nitrogen and oxygen atoms in total. The fraction of sp³-hybridized carbons (Fsp3) is 0.150. The highest BCUT2D eigenvalue weighted by Gasteiger charge is 2.17. The highest BCUT2D eigenvalue weighted by atomic mass is 16.5. The SMILES string of the molecule is CC(Oc1ccccc1)C(=O)Nc1ccccc1-c1ccc(=O)n(C)n1. The molecule has 0 fully saturated rings. The van der Waals surface area contributed by atoms with Crippen molar-refractivity contribution in [2.75, 3.05) is 5.32 Å². The van der Waals surface area contributed by atoms with E-state index in [0.717, 1.165) is 5.56 Å². The highest BCUT2D eigenvalue weighted by molar-refractivity contribution is 5.97. The van der Waals surface area contributed by atoms with Crippen molar-refractivity contribution in [1.82, 2.24) is 9.78 Å². The maximum Gasteiger partial charge on any atom is 0.266 e. The minimum absolute atomic E-state index is 0.194. The summed E-state index contributed by atoms with van der Waals surface area (Å²) >= 11 is 0. The van der Waals surface area contributed by atoms with Gasteiger partial charge in [-0.3, -0.25) is 9.59 Å². The number of rotatable bonds is 5. The number of hydrogen-bond donors (Lipinski definition) is 1. The summed E-state index contributed by atoms with van der Waals surface area (Å²) in [7, 11) is 1.59. The molecule has 2 aromatic carbocycles. The summed E-state index contributed by atoms with van der Waals surface area (Å²) in [4.78, 5) is 24.1. The first-order chi connectivity index (χ1) is 12.5. The Morgan fingerprint density at radius 1 is 1.04 bits per heavy atom. The maximum atomic E-state index is 12.5. The largest absolute Gasteiger partial charge is 0.481 e. The van der Waals surface area contributed by atoms with Crippen LogP contribution in [-0.2, 0) is 11.8 Å². The molecular weight excluding hydrogens is 330 g/mol. The van der Waals surface area contributed by atoms with Crippen LogP contribution in [0.4, 0.5) is 5.69 Å². The zero-order chi connectivity index (χ0) is 18.5. The molecule has 0 bridgehead atoms. The van der Waals surface area contributed by atoms with Gasteiger partial charge in [-0.25, -0.2) is 4.68 Å². The third-order valence-electron chi connectivity index (χ3n) is 3.85. The lowest BCUT2D eigenvalue weighted by Crippen LogP contribution is -2.30. The molecule has 1 atom stereocenters. The molecule has 0 saturated carbocycles. The number of carbonyl (C=O) groups is 1.